The van der Waals surface area contributed by atoms with Gasteiger partial charge in [-0.25, -0.2) is 4.68 Å². The van der Waals surface area contributed by atoms with Gasteiger partial charge in [0.2, 0.25) is 0 Å². The highest BCUT2D eigenvalue weighted by Gasteiger charge is 2.27. The van der Waals surface area contributed by atoms with E-state index in [0.29, 0.717) is 25.2 Å². The summed E-state index contributed by atoms with van der Waals surface area (Å²) < 4.78 is 7.56. The minimum absolute atomic E-state index is 0.0864. The Kier molecular flexibility index (Phi) is 7.04. The number of aromatic nitrogens is 5. The molecule has 0 fully saturated rings. The molecule has 5 rings (SSSR count). The van der Waals surface area contributed by atoms with Crippen LogP contribution in [0.1, 0.15) is 54.1 Å². The largest absolute Gasteiger partial charge is 0.468 e. The van der Waals surface area contributed by atoms with E-state index in [1.807, 2.05) is 60.1 Å². The number of H-pyrrole nitrogens is 1. The number of hydrogen-bond acceptors (Lipinski definition) is 6. The Balaban J connectivity index is 1.52. The van der Waals surface area contributed by atoms with Gasteiger partial charge in [-0.05, 0) is 64.5 Å². The Morgan fingerprint density at radius 1 is 1.06 bits per heavy atom. The van der Waals surface area contributed by atoms with Crippen LogP contribution >= 0.6 is 0 Å². The van der Waals surface area contributed by atoms with Gasteiger partial charge in [0.1, 0.15) is 5.76 Å². The fraction of sp³-hybridized carbons (Fsp3) is 0.286. The number of hydrogen-bond donors (Lipinski definition) is 1. The van der Waals surface area contributed by atoms with E-state index in [-0.39, 0.29) is 11.6 Å². The molecule has 8 nitrogen and oxygen atoms in total. The van der Waals surface area contributed by atoms with Crippen LogP contribution in [-0.2, 0) is 19.6 Å². The van der Waals surface area contributed by atoms with Crippen LogP contribution in [0.3, 0.4) is 0 Å². The van der Waals surface area contributed by atoms with E-state index in [4.69, 9.17) is 4.42 Å². The van der Waals surface area contributed by atoms with E-state index in [2.05, 4.69) is 50.5 Å². The van der Waals surface area contributed by atoms with Crippen molar-refractivity contribution in [1.82, 2.24) is 30.1 Å². The summed E-state index contributed by atoms with van der Waals surface area (Å²) in [4.78, 5) is 18.4. The van der Waals surface area contributed by atoms with Gasteiger partial charge >= 0.3 is 0 Å². The first-order valence-corrected chi connectivity index (χ1v) is 12.3. The van der Waals surface area contributed by atoms with Crippen molar-refractivity contribution in [3.63, 3.8) is 0 Å². The van der Waals surface area contributed by atoms with E-state index in [1.165, 1.54) is 0 Å². The number of nitrogens with zero attached hydrogens (tertiary/aromatic N) is 5. The molecule has 5 aromatic rings. The molecule has 0 aliphatic carbocycles. The summed E-state index contributed by atoms with van der Waals surface area (Å²) in [6, 6.07) is 22.0. The number of furan rings is 1. The van der Waals surface area contributed by atoms with Gasteiger partial charge in [0.15, 0.2) is 5.82 Å². The maximum Gasteiger partial charge on any atom is 0.252 e. The summed E-state index contributed by atoms with van der Waals surface area (Å²) in [7, 11) is 0. The third kappa shape index (κ3) is 5.28. The predicted octanol–water partition coefficient (Wildman–Crippen LogP) is 5.01. The standard InChI is InChI=1S/C28H30N6O2/c1-3-8-26(27-30-31-32-34(27)17-21-9-5-4-6-10-21)33(19-24-11-7-14-36-24)18-23-16-22-13-12-20(2)15-25(22)29-28(23)35/h4-7,9-16,26H,3,8,17-19H2,1-2H3,(H,29,35)/t26-/m1/s1. The van der Waals surface area contributed by atoms with Crippen LogP contribution in [0.15, 0.2) is 82.2 Å². The number of tetrazole rings is 1. The van der Waals surface area contributed by atoms with Gasteiger partial charge in [-0.3, -0.25) is 9.69 Å². The lowest BCUT2D eigenvalue weighted by atomic mass is 10.1. The zero-order chi connectivity index (χ0) is 24.9. The Morgan fingerprint density at radius 3 is 2.69 bits per heavy atom. The first kappa shape index (κ1) is 23.7. The van der Waals surface area contributed by atoms with Gasteiger partial charge in [-0.2, -0.15) is 0 Å². The third-order valence-corrected chi connectivity index (χ3v) is 6.43. The van der Waals surface area contributed by atoms with Gasteiger partial charge < -0.3 is 9.40 Å². The molecule has 2 aromatic carbocycles. The number of benzene rings is 2. The average molecular weight is 483 g/mol. The van der Waals surface area contributed by atoms with Crippen molar-refractivity contribution in [2.24, 2.45) is 0 Å². The second-order valence-corrected chi connectivity index (χ2v) is 9.18. The van der Waals surface area contributed by atoms with Crippen LogP contribution in [0.5, 0.6) is 0 Å². The van der Waals surface area contributed by atoms with Crippen LogP contribution in [0.4, 0.5) is 0 Å². The molecule has 0 radical (unpaired) electrons. The maximum absolute atomic E-state index is 13.1. The van der Waals surface area contributed by atoms with Crippen LogP contribution < -0.4 is 5.56 Å². The molecule has 0 spiro atoms. The van der Waals surface area contributed by atoms with Gasteiger partial charge in [0.25, 0.3) is 5.56 Å². The first-order chi connectivity index (χ1) is 17.6. The third-order valence-electron chi connectivity index (χ3n) is 6.43. The summed E-state index contributed by atoms with van der Waals surface area (Å²) in [5.41, 5.74) is 3.69. The number of pyridine rings is 1. The average Bonchev–Trinajstić information content (AvgIpc) is 3.56. The predicted molar refractivity (Wildman–Crippen MR) is 138 cm³/mol. The second kappa shape index (κ2) is 10.7. The topological polar surface area (TPSA) is 92.8 Å². The zero-order valence-electron chi connectivity index (χ0n) is 20.6. The molecule has 0 unspecified atom stereocenters. The lowest BCUT2D eigenvalue weighted by Gasteiger charge is -2.30. The molecule has 0 aliphatic rings. The minimum atomic E-state index is -0.105. The SMILES string of the molecule is CCC[C@H](c1nnnn1Cc1ccccc1)N(Cc1ccco1)Cc1cc2ccc(C)cc2[nH]c1=O. The lowest BCUT2D eigenvalue weighted by molar-refractivity contribution is 0.144. The number of nitrogens with one attached hydrogen (secondary N) is 1. The summed E-state index contributed by atoms with van der Waals surface area (Å²) in [6.45, 7) is 5.71. The van der Waals surface area contributed by atoms with Gasteiger partial charge in [0, 0.05) is 17.6 Å². The van der Waals surface area contributed by atoms with Crippen LogP contribution in [-0.4, -0.2) is 30.1 Å². The monoisotopic (exact) mass is 482 g/mol. The molecule has 3 heterocycles. The van der Waals surface area contributed by atoms with Gasteiger partial charge in [-0.15, -0.1) is 5.10 Å². The van der Waals surface area contributed by atoms with Gasteiger partial charge in [-0.1, -0.05) is 55.8 Å². The highest BCUT2D eigenvalue weighted by molar-refractivity contribution is 5.79. The van der Waals surface area contributed by atoms with Gasteiger partial charge in [0.05, 0.1) is 25.4 Å². The highest BCUT2D eigenvalue weighted by Crippen LogP contribution is 2.28. The smallest absolute Gasteiger partial charge is 0.252 e. The fourth-order valence-corrected chi connectivity index (χ4v) is 4.64. The molecule has 1 atom stereocenters. The van der Waals surface area contributed by atoms with Crippen LogP contribution in [0.2, 0.25) is 0 Å². The Hall–Kier alpha value is -4.04. The summed E-state index contributed by atoms with van der Waals surface area (Å²) >= 11 is 0. The zero-order valence-corrected chi connectivity index (χ0v) is 20.6. The minimum Gasteiger partial charge on any atom is -0.468 e. The highest BCUT2D eigenvalue weighted by atomic mass is 16.3. The summed E-state index contributed by atoms with van der Waals surface area (Å²) in [5.74, 6) is 1.60. The maximum atomic E-state index is 13.1. The number of aromatic amines is 1. The van der Waals surface area contributed by atoms with Crippen molar-refractivity contribution >= 4 is 10.9 Å². The molecule has 184 valence electrons. The quantitative estimate of drug-likeness (QED) is 0.301. The van der Waals surface area contributed by atoms with E-state index in [0.717, 1.165) is 46.5 Å². The molecule has 0 bridgehead atoms. The van der Waals surface area contributed by atoms with Crippen molar-refractivity contribution in [2.45, 2.75) is 52.4 Å². The van der Waals surface area contributed by atoms with Crippen molar-refractivity contribution < 1.29 is 4.42 Å². The number of fused-ring (bicyclic) bond motifs is 1. The molecule has 8 heteroatoms. The lowest BCUT2D eigenvalue weighted by Crippen LogP contribution is -2.32. The Bertz CT molecular complexity index is 1470. The van der Waals surface area contributed by atoms with E-state index in [9.17, 15) is 4.79 Å². The molecule has 0 amide bonds. The normalized spacial score (nSPS) is 12.4. The second-order valence-electron chi connectivity index (χ2n) is 9.18. The molecule has 3 aromatic heterocycles. The van der Waals surface area contributed by atoms with Crippen molar-refractivity contribution in [3.05, 3.63) is 112 Å². The molecule has 1 N–H and O–H groups in total. The van der Waals surface area contributed by atoms with Crippen molar-refractivity contribution in [3.8, 4) is 0 Å². The van der Waals surface area contributed by atoms with Crippen molar-refractivity contribution in [1.29, 1.82) is 0 Å². The van der Waals surface area contributed by atoms with Crippen LogP contribution in [0, 0.1) is 6.92 Å². The Morgan fingerprint density at radius 2 is 1.92 bits per heavy atom. The fourth-order valence-electron chi connectivity index (χ4n) is 4.64. The van der Waals surface area contributed by atoms with Crippen molar-refractivity contribution in [2.75, 3.05) is 0 Å². The van der Waals surface area contributed by atoms with E-state index < -0.39 is 0 Å². The molecule has 0 aliphatic heterocycles. The Labute approximate surface area is 209 Å². The molecule has 36 heavy (non-hydrogen) atoms. The first-order valence-electron chi connectivity index (χ1n) is 12.3. The van der Waals surface area contributed by atoms with E-state index >= 15 is 0 Å². The molecular formula is C28H30N6O2. The number of aryl methyl sites for hydroxylation is 1. The molecular weight excluding hydrogens is 452 g/mol. The molecule has 0 saturated heterocycles. The number of rotatable bonds is 10. The molecule has 0 saturated carbocycles. The summed E-state index contributed by atoms with van der Waals surface area (Å²) in [5, 5.41) is 13.8. The summed E-state index contributed by atoms with van der Waals surface area (Å²) in [6.07, 6.45) is 3.44. The van der Waals surface area contributed by atoms with Crippen LogP contribution in [0.25, 0.3) is 10.9 Å². The van der Waals surface area contributed by atoms with E-state index in [1.54, 1.807) is 6.26 Å².